The number of carbonyl (C=O) groups excluding carboxylic acids is 1. The van der Waals surface area contributed by atoms with E-state index in [-0.39, 0.29) is 17.9 Å². The zero-order valence-corrected chi connectivity index (χ0v) is 20.2. The van der Waals surface area contributed by atoms with Crippen molar-refractivity contribution < 1.29 is 4.79 Å². The van der Waals surface area contributed by atoms with Gasteiger partial charge in [-0.2, -0.15) is 5.10 Å². The standard InChI is InChI=1S/C23H22ClN5OS2/c1-23(2,3)16-8-4-14(5-9-16)18-13-32-21(25-18)26-19(30)12-29-20(27-28-22(29)31)15-6-10-17(24)11-7-15/h4-11,13H,12H2,1-3H3,(H,28,31)(H,25,26,30). The number of aromatic amines is 1. The molecule has 9 heteroatoms. The Hall–Kier alpha value is -2.81. The minimum Gasteiger partial charge on any atom is -0.300 e. The molecule has 164 valence electrons. The zero-order chi connectivity index (χ0) is 22.9. The zero-order valence-electron chi connectivity index (χ0n) is 17.8. The van der Waals surface area contributed by atoms with Crippen molar-refractivity contribution in [1.82, 2.24) is 19.7 Å². The number of nitrogens with zero attached hydrogens (tertiary/aromatic N) is 3. The SMILES string of the molecule is CC(C)(C)c1ccc(-c2csc(NC(=O)Cn3c(-c4ccc(Cl)cc4)n[nH]c3=S)n2)cc1. The lowest BCUT2D eigenvalue weighted by atomic mass is 9.86. The molecule has 1 amide bonds. The molecular formula is C23H22ClN5OS2. The largest absolute Gasteiger partial charge is 0.300 e. The number of nitrogens with one attached hydrogen (secondary N) is 2. The van der Waals surface area contributed by atoms with Gasteiger partial charge < -0.3 is 5.32 Å². The number of halogens is 1. The topological polar surface area (TPSA) is 75.6 Å². The molecule has 2 heterocycles. The highest BCUT2D eigenvalue weighted by Crippen LogP contribution is 2.28. The van der Waals surface area contributed by atoms with Crippen molar-refractivity contribution in [2.75, 3.05) is 5.32 Å². The third-order valence-corrected chi connectivity index (χ3v) is 6.28. The van der Waals surface area contributed by atoms with E-state index in [0.717, 1.165) is 16.8 Å². The Morgan fingerprint density at radius 1 is 1.12 bits per heavy atom. The summed E-state index contributed by atoms with van der Waals surface area (Å²) in [5, 5.41) is 13.0. The summed E-state index contributed by atoms with van der Waals surface area (Å²) in [4.78, 5) is 17.3. The van der Waals surface area contributed by atoms with Gasteiger partial charge in [-0.15, -0.1) is 11.3 Å². The molecule has 32 heavy (non-hydrogen) atoms. The van der Waals surface area contributed by atoms with E-state index in [9.17, 15) is 4.79 Å². The second kappa shape index (κ2) is 8.97. The van der Waals surface area contributed by atoms with Gasteiger partial charge in [-0.05, 0) is 47.5 Å². The van der Waals surface area contributed by atoms with Crippen LogP contribution in [0.15, 0.2) is 53.9 Å². The van der Waals surface area contributed by atoms with Gasteiger partial charge in [-0.1, -0.05) is 56.6 Å². The van der Waals surface area contributed by atoms with Crippen molar-refractivity contribution in [2.24, 2.45) is 0 Å². The summed E-state index contributed by atoms with van der Waals surface area (Å²) >= 11 is 12.7. The Balaban J connectivity index is 1.47. The van der Waals surface area contributed by atoms with E-state index in [4.69, 9.17) is 23.8 Å². The third-order valence-electron chi connectivity index (χ3n) is 4.96. The van der Waals surface area contributed by atoms with Gasteiger partial charge in [0, 0.05) is 21.5 Å². The maximum Gasteiger partial charge on any atom is 0.246 e. The molecule has 0 bridgehead atoms. The van der Waals surface area contributed by atoms with Gasteiger partial charge in [0.05, 0.1) is 5.69 Å². The highest BCUT2D eigenvalue weighted by atomic mass is 35.5. The van der Waals surface area contributed by atoms with Crippen molar-refractivity contribution in [1.29, 1.82) is 0 Å². The molecule has 2 aromatic heterocycles. The summed E-state index contributed by atoms with van der Waals surface area (Å²) in [6.45, 7) is 6.57. The first-order valence-electron chi connectivity index (χ1n) is 9.98. The van der Waals surface area contributed by atoms with E-state index >= 15 is 0 Å². The molecule has 0 atom stereocenters. The highest BCUT2D eigenvalue weighted by Gasteiger charge is 2.16. The first-order chi connectivity index (χ1) is 15.2. The van der Waals surface area contributed by atoms with E-state index in [1.165, 1.54) is 16.9 Å². The van der Waals surface area contributed by atoms with E-state index in [2.05, 4.69) is 65.5 Å². The quantitative estimate of drug-likeness (QED) is 0.325. The lowest BCUT2D eigenvalue weighted by Gasteiger charge is -2.18. The number of thiazole rings is 1. The molecule has 4 aromatic rings. The van der Waals surface area contributed by atoms with Gasteiger partial charge in [0.2, 0.25) is 5.91 Å². The predicted molar refractivity (Wildman–Crippen MR) is 133 cm³/mol. The number of amides is 1. The fraction of sp³-hybridized carbons (Fsp3) is 0.217. The number of H-pyrrole nitrogens is 1. The summed E-state index contributed by atoms with van der Waals surface area (Å²) in [5.74, 6) is 0.335. The van der Waals surface area contributed by atoms with Gasteiger partial charge in [-0.25, -0.2) is 4.98 Å². The van der Waals surface area contributed by atoms with Gasteiger partial charge in [0.15, 0.2) is 15.7 Å². The molecule has 0 spiro atoms. The number of benzene rings is 2. The molecule has 0 aliphatic carbocycles. The Morgan fingerprint density at radius 3 is 2.44 bits per heavy atom. The first kappa shape index (κ1) is 22.4. The van der Waals surface area contributed by atoms with Crippen LogP contribution in [0, 0.1) is 4.77 Å². The maximum absolute atomic E-state index is 12.7. The van der Waals surface area contributed by atoms with Crippen molar-refractivity contribution >= 4 is 46.2 Å². The van der Waals surface area contributed by atoms with Crippen LogP contribution in [0.2, 0.25) is 5.02 Å². The molecular weight excluding hydrogens is 462 g/mol. The maximum atomic E-state index is 12.7. The summed E-state index contributed by atoms with van der Waals surface area (Å²) < 4.78 is 2.01. The van der Waals surface area contributed by atoms with Crippen LogP contribution in [0.25, 0.3) is 22.6 Å². The molecule has 0 unspecified atom stereocenters. The minimum absolute atomic E-state index is 0.0164. The van der Waals surface area contributed by atoms with Crippen molar-refractivity contribution in [2.45, 2.75) is 32.7 Å². The lowest BCUT2D eigenvalue weighted by molar-refractivity contribution is -0.116. The monoisotopic (exact) mass is 483 g/mol. The van der Waals surface area contributed by atoms with Gasteiger partial charge in [-0.3, -0.25) is 14.5 Å². The minimum atomic E-state index is -0.235. The molecule has 0 saturated heterocycles. The number of aromatic nitrogens is 4. The second-order valence-corrected chi connectivity index (χ2v) is 10.0. The number of anilines is 1. The van der Waals surface area contributed by atoms with Crippen LogP contribution in [0.4, 0.5) is 5.13 Å². The van der Waals surface area contributed by atoms with Crippen LogP contribution >= 0.6 is 35.2 Å². The van der Waals surface area contributed by atoms with E-state index < -0.39 is 0 Å². The van der Waals surface area contributed by atoms with Crippen LogP contribution in [0.5, 0.6) is 0 Å². The van der Waals surface area contributed by atoms with Crippen LogP contribution in [0.1, 0.15) is 26.3 Å². The van der Waals surface area contributed by atoms with Crippen LogP contribution in [0.3, 0.4) is 0 Å². The number of hydrogen-bond donors (Lipinski definition) is 2. The van der Waals surface area contributed by atoms with Crippen molar-refractivity contribution in [3.05, 3.63) is 69.3 Å². The van der Waals surface area contributed by atoms with Crippen LogP contribution in [-0.2, 0) is 16.8 Å². The molecule has 0 saturated carbocycles. The van der Waals surface area contributed by atoms with Gasteiger partial charge in [0.1, 0.15) is 6.54 Å². The Bertz CT molecular complexity index is 1300. The Kier molecular flexibility index (Phi) is 6.28. The van der Waals surface area contributed by atoms with E-state index in [1.54, 1.807) is 16.7 Å². The predicted octanol–water partition coefficient (Wildman–Crippen LogP) is 6.32. The fourth-order valence-corrected chi connectivity index (χ4v) is 4.25. The molecule has 0 aliphatic rings. The summed E-state index contributed by atoms with van der Waals surface area (Å²) in [7, 11) is 0. The smallest absolute Gasteiger partial charge is 0.246 e. The average molecular weight is 484 g/mol. The molecule has 4 rings (SSSR count). The molecule has 0 fully saturated rings. The lowest BCUT2D eigenvalue weighted by Crippen LogP contribution is -2.19. The molecule has 2 aromatic carbocycles. The van der Waals surface area contributed by atoms with Crippen LogP contribution < -0.4 is 5.32 Å². The van der Waals surface area contributed by atoms with E-state index in [1.807, 2.05) is 17.5 Å². The summed E-state index contributed by atoms with van der Waals surface area (Å²) in [6, 6.07) is 15.6. The number of rotatable bonds is 5. The van der Waals surface area contributed by atoms with Crippen molar-refractivity contribution in [3.8, 4) is 22.6 Å². The van der Waals surface area contributed by atoms with Crippen molar-refractivity contribution in [3.63, 3.8) is 0 Å². The highest BCUT2D eigenvalue weighted by molar-refractivity contribution is 7.71. The molecule has 0 radical (unpaired) electrons. The van der Waals surface area contributed by atoms with Crippen LogP contribution in [-0.4, -0.2) is 25.7 Å². The number of hydrogen-bond acceptors (Lipinski definition) is 5. The second-order valence-electron chi connectivity index (χ2n) is 8.36. The fourth-order valence-electron chi connectivity index (χ4n) is 3.19. The number of carbonyl (C=O) groups is 1. The average Bonchev–Trinajstić information content (AvgIpc) is 3.35. The molecule has 2 N–H and O–H groups in total. The Morgan fingerprint density at radius 2 is 1.78 bits per heavy atom. The third kappa shape index (κ3) is 4.98. The summed E-state index contributed by atoms with van der Waals surface area (Å²) in [6.07, 6.45) is 0. The van der Waals surface area contributed by atoms with E-state index in [0.29, 0.717) is 20.7 Å². The normalized spacial score (nSPS) is 11.5. The molecule has 0 aliphatic heterocycles. The molecule has 6 nitrogen and oxygen atoms in total. The summed E-state index contributed by atoms with van der Waals surface area (Å²) in [5.41, 5.74) is 4.01. The first-order valence-corrected chi connectivity index (χ1v) is 11.6. The van der Waals surface area contributed by atoms with Gasteiger partial charge in [0.25, 0.3) is 0 Å². The Labute approximate surface area is 200 Å². The van der Waals surface area contributed by atoms with Gasteiger partial charge >= 0.3 is 0 Å².